The van der Waals surface area contributed by atoms with E-state index in [1.807, 2.05) is 13.8 Å². The van der Waals surface area contributed by atoms with Crippen molar-refractivity contribution in [3.8, 4) is 0 Å². The van der Waals surface area contributed by atoms with Crippen molar-refractivity contribution in [3.63, 3.8) is 0 Å². The molecule has 4 N–H and O–H groups in total. The highest BCUT2D eigenvalue weighted by Gasteiger charge is 2.26. The summed E-state index contributed by atoms with van der Waals surface area (Å²) >= 11 is 1.17. The highest BCUT2D eigenvalue weighted by atomic mass is 32.2. The molecule has 2 aromatic carbocycles. The molecule has 12 heteroatoms. The second-order valence-electron chi connectivity index (χ2n) is 8.55. The zero-order chi connectivity index (χ0) is 27.3. The number of anilines is 2. The minimum atomic E-state index is -4.02. The molecule has 0 atom stereocenters. The molecule has 0 saturated carbocycles. The lowest BCUT2D eigenvalue weighted by Crippen LogP contribution is -2.35. The van der Waals surface area contributed by atoms with Crippen LogP contribution in [0.4, 0.5) is 11.4 Å². The predicted octanol–water partition coefficient (Wildman–Crippen LogP) is 3.70. The Morgan fingerprint density at radius 1 is 1.05 bits per heavy atom. The van der Waals surface area contributed by atoms with Crippen molar-refractivity contribution >= 4 is 56.4 Å². The lowest BCUT2D eigenvalue weighted by molar-refractivity contribution is 0.0748. The highest BCUT2D eigenvalue weighted by molar-refractivity contribution is 7.86. The number of rotatable bonds is 9. The van der Waals surface area contributed by atoms with E-state index in [0.29, 0.717) is 21.8 Å². The minimum absolute atomic E-state index is 0.0391. The summed E-state index contributed by atoms with van der Waals surface area (Å²) in [4.78, 5) is 40.6. The van der Waals surface area contributed by atoms with Crippen molar-refractivity contribution in [2.45, 2.75) is 13.8 Å². The van der Waals surface area contributed by atoms with E-state index in [-0.39, 0.29) is 29.4 Å². The van der Waals surface area contributed by atoms with Crippen molar-refractivity contribution in [1.29, 1.82) is 5.41 Å². The lowest BCUT2D eigenvalue weighted by Gasteiger charge is -2.25. The van der Waals surface area contributed by atoms with E-state index in [1.54, 1.807) is 35.7 Å². The van der Waals surface area contributed by atoms with Crippen LogP contribution in [0.1, 0.15) is 49.8 Å². The average Bonchev–Trinajstić information content (AvgIpc) is 3.31. The molecule has 1 aromatic heterocycles. The molecule has 0 aliphatic heterocycles. The van der Waals surface area contributed by atoms with Gasteiger partial charge in [-0.1, -0.05) is 19.9 Å². The monoisotopic (exact) mass is 542 g/mol. The van der Waals surface area contributed by atoms with E-state index in [4.69, 9.17) is 11.1 Å². The van der Waals surface area contributed by atoms with Gasteiger partial charge in [0.2, 0.25) is 0 Å². The predicted molar refractivity (Wildman–Crippen MR) is 143 cm³/mol. The molecule has 0 fully saturated rings. The number of hydrogen-bond donors (Lipinski definition) is 3. The van der Waals surface area contributed by atoms with Crippen LogP contribution in [0.5, 0.6) is 0 Å². The van der Waals surface area contributed by atoms with Crippen LogP contribution in [0.15, 0.2) is 60.0 Å². The number of carbonyl (C=O) groups is 3. The molecule has 3 aromatic rings. The van der Waals surface area contributed by atoms with Gasteiger partial charge in [-0.25, -0.2) is 4.79 Å². The molecule has 2 amide bonds. The average molecular weight is 543 g/mol. The largest absolute Gasteiger partial charge is 0.384 e. The first-order chi connectivity index (χ1) is 17.4. The number of thiophene rings is 1. The highest BCUT2D eigenvalue weighted by Crippen LogP contribution is 2.30. The van der Waals surface area contributed by atoms with E-state index in [0.717, 1.165) is 6.26 Å². The zero-order valence-electron chi connectivity index (χ0n) is 20.3. The van der Waals surface area contributed by atoms with E-state index in [2.05, 4.69) is 9.50 Å². The number of nitrogens with zero attached hydrogens (tertiary/aromatic N) is 1. The fraction of sp³-hybridized carbons (Fsp3) is 0.200. The maximum atomic E-state index is 13.6. The van der Waals surface area contributed by atoms with Gasteiger partial charge in [0.25, 0.3) is 11.8 Å². The van der Waals surface area contributed by atoms with Gasteiger partial charge in [0.15, 0.2) is 0 Å². The maximum Gasteiger partial charge on any atom is 0.353 e. The Labute approximate surface area is 218 Å². The SMILES string of the molecule is CC(C)CN(C(=O)c1cccc(C(=O)OS(C)(=O)=O)c1)c1ccsc1C(=O)Nc1ccc(C(=N)N)cc1. The van der Waals surface area contributed by atoms with Crippen LogP contribution in [-0.4, -0.2) is 44.8 Å². The summed E-state index contributed by atoms with van der Waals surface area (Å²) in [6, 6.07) is 13.7. The Bertz CT molecular complexity index is 1450. The van der Waals surface area contributed by atoms with Gasteiger partial charge in [-0.2, -0.15) is 8.42 Å². The van der Waals surface area contributed by atoms with Crippen LogP contribution in [-0.2, 0) is 14.3 Å². The van der Waals surface area contributed by atoms with Crippen LogP contribution in [0.2, 0.25) is 0 Å². The first-order valence-electron chi connectivity index (χ1n) is 11.0. The Kier molecular flexibility index (Phi) is 8.46. The summed E-state index contributed by atoms with van der Waals surface area (Å²) < 4.78 is 27.1. The number of nitrogen functional groups attached to an aromatic ring is 1. The molecular weight excluding hydrogens is 516 g/mol. The number of amides is 2. The number of amidine groups is 1. The number of carbonyl (C=O) groups excluding carboxylic acids is 3. The van der Waals surface area contributed by atoms with Crippen LogP contribution in [0.3, 0.4) is 0 Å². The fourth-order valence-electron chi connectivity index (χ4n) is 3.38. The molecule has 3 rings (SSSR count). The summed E-state index contributed by atoms with van der Waals surface area (Å²) in [6.45, 7) is 4.12. The smallest absolute Gasteiger partial charge is 0.353 e. The summed E-state index contributed by atoms with van der Waals surface area (Å²) in [7, 11) is -4.02. The second kappa shape index (κ2) is 11.4. The van der Waals surface area contributed by atoms with Crippen LogP contribution < -0.4 is 16.0 Å². The number of benzene rings is 2. The Hall–Kier alpha value is -4.03. The van der Waals surface area contributed by atoms with Gasteiger partial charge in [-0.3, -0.25) is 15.0 Å². The fourth-order valence-corrected chi connectivity index (χ4v) is 4.54. The van der Waals surface area contributed by atoms with Crippen molar-refractivity contribution < 1.29 is 27.0 Å². The van der Waals surface area contributed by atoms with Crippen molar-refractivity contribution in [1.82, 2.24) is 0 Å². The van der Waals surface area contributed by atoms with Gasteiger partial charge in [-0.15, -0.1) is 11.3 Å². The van der Waals surface area contributed by atoms with Gasteiger partial charge < -0.3 is 20.1 Å². The molecule has 0 aliphatic rings. The number of nitrogens with one attached hydrogen (secondary N) is 2. The molecule has 0 aliphatic carbocycles. The Morgan fingerprint density at radius 3 is 2.30 bits per heavy atom. The molecular formula is C25H26N4O6S2. The summed E-state index contributed by atoms with van der Waals surface area (Å²) in [6.07, 6.45) is 0.755. The van der Waals surface area contributed by atoms with Crippen LogP contribution >= 0.6 is 11.3 Å². The quantitative estimate of drug-likeness (QED) is 0.211. The number of hydrogen-bond acceptors (Lipinski definition) is 8. The molecule has 0 radical (unpaired) electrons. The van der Waals surface area contributed by atoms with Crippen molar-refractivity contribution in [3.05, 3.63) is 81.5 Å². The summed E-state index contributed by atoms with van der Waals surface area (Å²) in [5.74, 6) is -2.04. The standard InChI is InChI=1S/C25H26N4O6S2/c1-15(2)14-29(24(31)17-5-4-6-18(13-17)25(32)35-37(3,33)34)20-11-12-36-21(20)23(30)28-19-9-7-16(8-10-19)22(26)27/h4-13,15H,14H2,1-3H3,(H3,26,27)(H,28,30). The Balaban J connectivity index is 1.90. The molecule has 1 heterocycles. The normalized spacial score (nSPS) is 11.1. The van der Waals surface area contributed by atoms with Crippen LogP contribution in [0, 0.1) is 11.3 Å². The minimum Gasteiger partial charge on any atom is -0.384 e. The second-order valence-corrected chi connectivity index (χ2v) is 11.0. The van der Waals surface area contributed by atoms with Gasteiger partial charge in [0.1, 0.15) is 10.7 Å². The first kappa shape index (κ1) is 27.6. The number of nitrogens with two attached hydrogens (primary N) is 1. The first-order valence-corrected chi connectivity index (χ1v) is 13.7. The maximum absolute atomic E-state index is 13.6. The van der Waals surface area contributed by atoms with Crippen molar-refractivity contribution in [2.75, 3.05) is 23.0 Å². The van der Waals surface area contributed by atoms with E-state index in [9.17, 15) is 22.8 Å². The third kappa shape index (κ3) is 7.24. The van der Waals surface area contributed by atoms with Gasteiger partial charge >= 0.3 is 16.1 Å². The van der Waals surface area contributed by atoms with Crippen LogP contribution in [0.25, 0.3) is 0 Å². The third-order valence-corrected chi connectivity index (χ3v) is 6.32. The summed E-state index contributed by atoms with van der Waals surface area (Å²) in [5, 5.41) is 12.0. The third-order valence-electron chi connectivity index (χ3n) is 4.96. The molecule has 0 bridgehead atoms. The lowest BCUT2D eigenvalue weighted by atomic mass is 10.1. The van der Waals surface area contributed by atoms with E-state index < -0.39 is 27.9 Å². The molecule has 194 valence electrons. The molecule has 0 unspecified atom stereocenters. The van der Waals surface area contributed by atoms with Gasteiger partial charge in [0.05, 0.1) is 17.5 Å². The molecule has 10 nitrogen and oxygen atoms in total. The topological polar surface area (TPSA) is 160 Å². The Morgan fingerprint density at radius 2 is 1.70 bits per heavy atom. The molecule has 0 saturated heterocycles. The van der Waals surface area contributed by atoms with E-state index >= 15 is 0 Å². The molecule has 37 heavy (non-hydrogen) atoms. The van der Waals surface area contributed by atoms with E-state index in [1.165, 1.54) is 40.5 Å². The summed E-state index contributed by atoms with van der Waals surface area (Å²) in [5.41, 5.74) is 6.91. The van der Waals surface area contributed by atoms with Gasteiger partial charge in [0, 0.05) is 23.4 Å². The van der Waals surface area contributed by atoms with Gasteiger partial charge in [-0.05, 0) is 59.8 Å². The zero-order valence-corrected chi connectivity index (χ0v) is 22.0. The van der Waals surface area contributed by atoms with Crippen molar-refractivity contribution in [2.24, 2.45) is 11.7 Å². The molecule has 0 spiro atoms.